The summed E-state index contributed by atoms with van der Waals surface area (Å²) in [7, 11) is 4.58. The predicted molar refractivity (Wildman–Crippen MR) is 138 cm³/mol. The van der Waals surface area contributed by atoms with Crippen LogP contribution in [0.2, 0.25) is 0 Å². The van der Waals surface area contributed by atoms with Gasteiger partial charge in [0.2, 0.25) is 0 Å². The summed E-state index contributed by atoms with van der Waals surface area (Å²) in [6.45, 7) is 0.0341. The van der Waals surface area contributed by atoms with Crippen molar-refractivity contribution in [3.05, 3.63) is 83.2 Å². The molecule has 0 bridgehead atoms. The molecule has 3 aromatic rings. The van der Waals surface area contributed by atoms with E-state index in [-0.39, 0.29) is 26.0 Å². The zero-order valence-electron chi connectivity index (χ0n) is 21.8. The highest BCUT2D eigenvalue weighted by molar-refractivity contribution is 5.92. The third-order valence-corrected chi connectivity index (χ3v) is 6.93. The summed E-state index contributed by atoms with van der Waals surface area (Å²) in [6.07, 6.45) is -0.0140. The van der Waals surface area contributed by atoms with Crippen molar-refractivity contribution in [3.8, 4) is 23.0 Å². The lowest BCUT2D eigenvalue weighted by molar-refractivity contribution is -0.198. The molecule has 0 radical (unpaired) electrons. The number of ether oxygens (including phenoxy) is 3. The van der Waals surface area contributed by atoms with E-state index in [9.17, 15) is 24.2 Å². The van der Waals surface area contributed by atoms with Crippen molar-refractivity contribution in [2.45, 2.75) is 26.0 Å². The summed E-state index contributed by atoms with van der Waals surface area (Å²) in [5, 5.41) is 20.7. The number of carboxylic acids is 1. The number of rotatable bonds is 12. The van der Waals surface area contributed by atoms with Crippen molar-refractivity contribution < 1.29 is 43.2 Å². The van der Waals surface area contributed by atoms with Crippen LogP contribution in [0, 0.1) is 17.2 Å². The van der Waals surface area contributed by atoms with E-state index < -0.39 is 34.8 Å². The van der Waals surface area contributed by atoms with Gasteiger partial charge >= 0.3 is 5.97 Å². The van der Waals surface area contributed by atoms with E-state index in [1.807, 2.05) is 0 Å². The van der Waals surface area contributed by atoms with Crippen LogP contribution in [0.25, 0.3) is 0 Å². The lowest BCUT2D eigenvalue weighted by Gasteiger charge is -2.24. The number of hydroxylamine groups is 2. The standard InChI is InChI=1S/C29H30FNO8/c1-36-21-8-4-18(5-9-21)17-39-31(16-20-7-10-22(37-2)13-26(20)38-3)27(33)23-15-29(23,28(34)35)14-19-6-11-25(32)24(30)12-19/h4-13,23,32H,14-17H2,1-3H3,(H,34,35)/t23?,29-/m0/s1. The molecule has 0 spiro atoms. The van der Waals surface area contributed by atoms with Crippen LogP contribution in [0.1, 0.15) is 23.1 Å². The molecule has 1 unspecified atom stereocenters. The maximum Gasteiger partial charge on any atom is 0.310 e. The van der Waals surface area contributed by atoms with E-state index in [1.165, 1.54) is 26.4 Å². The van der Waals surface area contributed by atoms with Gasteiger partial charge in [-0.25, -0.2) is 9.45 Å². The van der Waals surface area contributed by atoms with Gasteiger partial charge in [-0.05, 0) is 60.4 Å². The summed E-state index contributed by atoms with van der Waals surface area (Å²) >= 11 is 0. The molecule has 10 heteroatoms. The molecule has 1 fully saturated rings. The summed E-state index contributed by atoms with van der Waals surface area (Å²) in [4.78, 5) is 32.0. The summed E-state index contributed by atoms with van der Waals surface area (Å²) in [6, 6.07) is 16.0. The lowest BCUT2D eigenvalue weighted by Crippen LogP contribution is -2.35. The van der Waals surface area contributed by atoms with Gasteiger partial charge in [0.15, 0.2) is 11.6 Å². The zero-order valence-corrected chi connectivity index (χ0v) is 21.8. The second kappa shape index (κ2) is 11.6. The van der Waals surface area contributed by atoms with Crippen LogP contribution in [-0.4, -0.2) is 48.5 Å². The largest absolute Gasteiger partial charge is 0.505 e. The number of carboxylic acid groups (broad SMARTS) is 1. The minimum absolute atomic E-state index is 0.0117. The second-order valence-corrected chi connectivity index (χ2v) is 9.35. The molecule has 206 valence electrons. The molecule has 4 rings (SSSR count). The van der Waals surface area contributed by atoms with Gasteiger partial charge in [-0.1, -0.05) is 18.2 Å². The third kappa shape index (κ3) is 6.06. The molecule has 1 amide bonds. The molecule has 9 nitrogen and oxygen atoms in total. The Labute approximate surface area is 225 Å². The first-order valence-electron chi connectivity index (χ1n) is 12.2. The molecule has 2 atom stereocenters. The Morgan fingerprint density at radius 2 is 1.62 bits per heavy atom. The number of phenolic OH excluding ortho intramolecular Hbond substituents is 1. The van der Waals surface area contributed by atoms with Crippen molar-refractivity contribution >= 4 is 11.9 Å². The van der Waals surface area contributed by atoms with E-state index in [0.717, 1.165) is 16.7 Å². The SMILES string of the molecule is COc1ccc(CON(Cc2ccc(OC)cc2OC)C(=O)C2C[C@]2(Cc2ccc(O)c(F)c2)C(=O)O)cc1. The van der Waals surface area contributed by atoms with Gasteiger partial charge in [-0.3, -0.25) is 14.4 Å². The number of hydrogen-bond acceptors (Lipinski definition) is 7. The molecule has 3 aromatic carbocycles. The smallest absolute Gasteiger partial charge is 0.310 e. The van der Waals surface area contributed by atoms with Crippen molar-refractivity contribution in [1.82, 2.24) is 5.06 Å². The van der Waals surface area contributed by atoms with Crippen molar-refractivity contribution in [2.24, 2.45) is 11.3 Å². The molecule has 1 aliphatic rings. The molecule has 39 heavy (non-hydrogen) atoms. The van der Waals surface area contributed by atoms with E-state index in [1.54, 1.807) is 49.6 Å². The molecular weight excluding hydrogens is 509 g/mol. The van der Waals surface area contributed by atoms with Crippen molar-refractivity contribution in [3.63, 3.8) is 0 Å². The minimum Gasteiger partial charge on any atom is -0.505 e. The maximum atomic E-state index is 13.9. The molecular formula is C29H30FNO8. The third-order valence-electron chi connectivity index (χ3n) is 6.93. The summed E-state index contributed by atoms with van der Waals surface area (Å²) < 4.78 is 29.8. The van der Waals surface area contributed by atoms with E-state index >= 15 is 0 Å². The van der Waals surface area contributed by atoms with Crippen LogP contribution in [0.15, 0.2) is 60.7 Å². The fourth-order valence-corrected chi connectivity index (χ4v) is 4.53. The number of aliphatic carboxylic acids is 1. The summed E-state index contributed by atoms with van der Waals surface area (Å²) in [5.74, 6) is -2.24. The number of hydrogen-bond donors (Lipinski definition) is 2. The predicted octanol–water partition coefficient (Wildman–Crippen LogP) is 4.35. The van der Waals surface area contributed by atoms with Crippen molar-refractivity contribution in [2.75, 3.05) is 21.3 Å². The summed E-state index contributed by atoms with van der Waals surface area (Å²) in [5.41, 5.74) is 0.343. The average molecular weight is 540 g/mol. The van der Waals surface area contributed by atoms with Gasteiger partial charge in [-0.2, -0.15) is 0 Å². The number of carbonyl (C=O) groups is 2. The minimum atomic E-state index is -1.42. The Morgan fingerprint density at radius 3 is 2.23 bits per heavy atom. The Kier molecular flexibility index (Phi) is 8.25. The molecule has 1 aliphatic carbocycles. The highest BCUT2D eigenvalue weighted by atomic mass is 19.1. The van der Waals surface area contributed by atoms with Gasteiger partial charge in [0.25, 0.3) is 5.91 Å². The first kappa shape index (κ1) is 27.7. The fourth-order valence-electron chi connectivity index (χ4n) is 4.53. The normalized spacial score (nSPS) is 17.8. The van der Waals surface area contributed by atoms with E-state index in [2.05, 4.69) is 0 Å². The zero-order chi connectivity index (χ0) is 28.2. The number of benzene rings is 3. The Bertz CT molecular complexity index is 1350. The van der Waals surface area contributed by atoms with Crippen LogP contribution in [-0.2, 0) is 34.0 Å². The number of amides is 1. The number of aromatic hydroxyl groups is 1. The van der Waals surface area contributed by atoms with Gasteiger partial charge < -0.3 is 24.4 Å². The number of methoxy groups -OCH3 is 3. The van der Waals surface area contributed by atoms with E-state index in [0.29, 0.717) is 28.4 Å². The molecule has 1 saturated carbocycles. The average Bonchev–Trinajstić information content (AvgIpc) is 3.68. The van der Waals surface area contributed by atoms with Gasteiger partial charge in [-0.15, -0.1) is 0 Å². The Balaban J connectivity index is 1.59. The number of phenols is 1. The highest BCUT2D eigenvalue weighted by Gasteiger charge is 2.64. The lowest BCUT2D eigenvalue weighted by atomic mass is 9.93. The Hall–Kier alpha value is -4.31. The van der Waals surface area contributed by atoms with Gasteiger partial charge in [0.05, 0.1) is 39.2 Å². The second-order valence-electron chi connectivity index (χ2n) is 9.35. The number of halogens is 1. The molecule has 0 aromatic heterocycles. The van der Waals surface area contributed by atoms with Crippen molar-refractivity contribution in [1.29, 1.82) is 0 Å². The topological polar surface area (TPSA) is 115 Å². The van der Waals surface area contributed by atoms with Gasteiger partial charge in [0.1, 0.15) is 23.9 Å². The van der Waals surface area contributed by atoms with Crippen LogP contribution in [0.4, 0.5) is 4.39 Å². The number of nitrogens with zero attached hydrogens (tertiary/aromatic N) is 1. The van der Waals surface area contributed by atoms with Crippen LogP contribution in [0.3, 0.4) is 0 Å². The fraction of sp³-hybridized carbons (Fsp3) is 0.310. The maximum absolute atomic E-state index is 13.9. The number of carbonyl (C=O) groups excluding carboxylic acids is 1. The van der Waals surface area contributed by atoms with Crippen LogP contribution in [0.5, 0.6) is 23.0 Å². The monoisotopic (exact) mass is 539 g/mol. The molecule has 0 heterocycles. The van der Waals surface area contributed by atoms with Crippen LogP contribution < -0.4 is 14.2 Å². The highest BCUT2D eigenvalue weighted by Crippen LogP contribution is 2.56. The molecule has 0 aliphatic heterocycles. The van der Waals surface area contributed by atoms with Gasteiger partial charge in [0, 0.05) is 11.6 Å². The first-order chi connectivity index (χ1) is 18.7. The van der Waals surface area contributed by atoms with E-state index in [4.69, 9.17) is 19.0 Å². The Morgan fingerprint density at radius 1 is 0.949 bits per heavy atom. The van der Waals surface area contributed by atoms with Crippen LogP contribution >= 0.6 is 0 Å². The molecule has 2 N–H and O–H groups in total. The first-order valence-corrected chi connectivity index (χ1v) is 12.2. The quantitative estimate of drug-likeness (QED) is 0.327. The molecule has 0 saturated heterocycles.